The van der Waals surface area contributed by atoms with Crippen LogP contribution in [-0.2, 0) is 0 Å². The fourth-order valence-electron chi connectivity index (χ4n) is 0.701. The number of hydrogen-bond acceptors (Lipinski definition) is 8. The second-order valence-corrected chi connectivity index (χ2v) is 6.49. The molecular formula is C8H18O4S4. The Hall–Kier alpha value is 1.24. The molecule has 4 N–H and O–H groups in total. The van der Waals surface area contributed by atoms with Gasteiger partial charge >= 0.3 is 0 Å². The highest BCUT2D eigenvalue weighted by molar-refractivity contribution is 8.76. The maximum absolute atomic E-state index is 9.38. The fourth-order valence-corrected chi connectivity index (χ4v) is 3.52. The molecule has 0 bridgehead atoms. The van der Waals surface area contributed by atoms with Crippen molar-refractivity contribution >= 4 is 46.8 Å². The lowest BCUT2D eigenvalue weighted by Crippen LogP contribution is -2.30. The summed E-state index contributed by atoms with van der Waals surface area (Å²) in [6, 6.07) is 0. The first-order chi connectivity index (χ1) is 7.52. The molecule has 0 aromatic carbocycles. The quantitative estimate of drug-likeness (QED) is 0.199. The maximum atomic E-state index is 9.38. The van der Waals surface area contributed by atoms with Crippen LogP contribution in [0.15, 0.2) is 0 Å². The van der Waals surface area contributed by atoms with Crippen molar-refractivity contribution < 1.29 is 20.4 Å². The number of aliphatic hydroxyl groups excluding tert-OH is 4. The molecule has 0 aromatic heterocycles. The minimum absolute atomic E-state index is 0.216. The summed E-state index contributed by atoms with van der Waals surface area (Å²) in [5.41, 5.74) is 0. The Labute approximate surface area is 114 Å². The van der Waals surface area contributed by atoms with Gasteiger partial charge in [0.1, 0.15) is 0 Å². The van der Waals surface area contributed by atoms with Crippen LogP contribution in [0.25, 0.3) is 0 Å². The molecule has 0 saturated carbocycles. The van der Waals surface area contributed by atoms with Crippen LogP contribution < -0.4 is 0 Å². The summed E-state index contributed by atoms with van der Waals surface area (Å²) < 4.78 is 0. The highest BCUT2D eigenvalue weighted by atomic mass is 33.1. The maximum Gasteiger partial charge on any atom is 0.0905 e. The van der Waals surface area contributed by atoms with Crippen LogP contribution >= 0.6 is 46.8 Å². The zero-order valence-electron chi connectivity index (χ0n) is 8.64. The minimum atomic E-state index is -0.829. The molecule has 4 nitrogen and oxygen atoms in total. The Morgan fingerprint density at radius 1 is 0.688 bits per heavy atom. The smallest absolute Gasteiger partial charge is 0.0905 e. The molecule has 8 heteroatoms. The summed E-state index contributed by atoms with van der Waals surface area (Å²) in [6.07, 6.45) is -3.29. The topological polar surface area (TPSA) is 80.9 Å². The molecule has 16 heavy (non-hydrogen) atoms. The standard InChI is InChI=1S/C8H18O4S4/c9-5(1-13)7(11)3-15-16-4-8(12)6(10)2-14/h5-14H,1-4H2/t5-,6+,7+,8-. The molecule has 0 aliphatic carbocycles. The van der Waals surface area contributed by atoms with Crippen molar-refractivity contribution in [3.63, 3.8) is 0 Å². The fraction of sp³-hybridized carbons (Fsp3) is 1.00. The first-order valence-electron chi connectivity index (χ1n) is 4.71. The third kappa shape index (κ3) is 7.54. The molecule has 0 amide bonds. The van der Waals surface area contributed by atoms with Crippen LogP contribution in [0.1, 0.15) is 0 Å². The Kier molecular flexibility index (Phi) is 11.0. The Morgan fingerprint density at radius 3 is 1.25 bits per heavy atom. The third-order valence-corrected chi connectivity index (χ3v) is 5.01. The van der Waals surface area contributed by atoms with Gasteiger partial charge in [-0.2, -0.15) is 25.3 Å². The number of rotatable bonds is 9. The zero-order valence-corrected chi connectivity index (χ0v) is 12.1. The van der Waals surface area contributed by atoms with E-state index in [1.807, 2.05) is 0 Å². The van der Waals surface area contributed by atoms with E-state index in [0.29, 0.717) is 11.5 Å². The van der Waals surface area contributed by atoms with Gasteiger partial charge in [-0.15, -0.1) is 0 Å². The van der Waals surface area contributed by atoms with Gasteiger partial charge in [-0.05, 0) is 0 Å². The molecule has 0 unspecified atom stereocenters. The van der Waals surface area contributed by atoms with E-state index >= 15 is 0 Å². The molecular weight excluding hydrogens is 288 g/mol. The summed E-state index contributed by atoms with van der Waals surface area (Å²) >= 11 is 7.73. The van der Waals surface area contributed by atoms with E-state index in [2.05, 4.69) is 25.3 Å². The van der Waals surface area contributed by atoms with Crippen LogP contribution in [-0.4, -0.2) is 67.9 Å². The van der Waals surface area contributed by atoms with Gasteiger partial charge in [0.2, 0.25) is 0 Å². The largest absolute Gasteiger partial charge is 0.390 e. The molecule has 0 radical (unpaired) electrons. The van der Waals surface area contributed by atoms with E-state index in [0.717, 1.165) is 0 Å². The normalized spacial score (nSPS) is 19.1. The van der Waals surface area contributed by atoms with Gasteiger partial charge in [-0.3, -0.25) is 0 Å². The summed E-state index contributed by atoms with van der Waals surface area (Å²) in [4.78, 5) is 0. The molecule has 0 aliphatic heterocycles. The van der Waals surface area contributed by atoms with Gasteiger partial charge in [0.25, 0.3) is 0 Å². The van der Waals surface area contributed by atoms with Crippen molar-refractivity contribution in [1.82, 2.24) is 0 Å². The number of hydrogen-bond donors (Lipinski definition) is 6. The van der Waals surface area contributed by atoms with E-state index in [9.17, 15) is 20.4 Å². The molecule has 98 valence electrons. The highest BCUT2D eigenvalue weighted by Crippen LogP contribution is 2.24. The van der Waals surface area contributed by atoms with Crippen LogP contribution in [0.3, 0.4) is 0 Å². The second kappa shape index (κ2) is 10.2. The molecule has 0 aliphatic rings. The van der Waals surface area contributed by atoms with Gasteiger partial charge in [0, 0.05) is 23.0 Å². The molecule has 0 rings (SSSR count). The molecule has 4 atom stereocenters. The summed E-state index contributed by atoms with van der Waals surface area (Å²) in [5, 5.41) is 37.2. The van der Waals surface area contributed by atoms with E-state index < -0.39 is 24.4 Å². The lowest BCUT2D eigenvalue weighted by atomic mass is 10.3. The minimum Gasteiger partial charge on any atom is -0.390 e. The molecule has 0 aromatic rings. The van der Waals surface area contributed by atoms with Gasteiger partial charge < -0.3 is 20.4 Å². The summed E-state index contributed by atoms with van der Waals surface area (Å²) in [5.74, 6) is 1.15. The SMILES string of the molecule is O[C@H](CSSC[C@H](O)[C@H](O)CS)[C@@H](O)CS. The highest BCUT2D eigenvalue weighted by Gasteiger charge is 2.17. The summed E-state index contributed by atoms with van der Waals surface area (Å²) in [7, 11) is 2.68. The van der Waals surface area contributed by atoms with Gasteiger partial charge in [-0.1, -0.05) is 21.6 Å². The van der Waals surface area contributed by atoms with Crippen LogP contribution in [0.5, 0.6) is 0 Å². The van der Waals surface area contributed by atoms with Gasteiger partial charge in [0.05, 0.1) is 24.4 Å². The van der Waals surface area contributed by atoms with E-state index in [1.165, 1.54) is 21.6 Å². The molecule has 0 spiro atoms. The monoisotopic (exact) mass is 306 g/mol. The molecule has 0 saturated heterocycles. The van der Waals surface area contributed by atoms with E-state index in [-0.39, 0.29) is 11.5 Å². The predicted octanol–water partition coefficient (Wildman–Crippen LogP) is -0.329. The van der Waals surface area contributed by atoms with E-state index in [4.69, 9.17) is 0 Å². The van der Waals surface area contributed by atoms with Gasteiger partial charge in [0.15, 0.2) is 0 Å². The van der Waals surface area contributed by atoms with Crippen molar-refractivity contribution in [2.75, 3.05) is 23.0 Å². The Balaban J connectivity index is 3.52. The van der Waals surface area contributed by atoms with Crippen LogP contribution in [0, 0.1) is 0 Å². The lowest BCUT2D eigenvalue weighted by molar-refractivity contribution is 0.0499. The zero-order chi connectivity index (χ0) is 12.6. The molecule has 0 fully saturated rings. The first kappa shape index (κ1) is 17.2. The van der Waals surface area contributed by atoms with E-state index in [1.54, 1.807) is 0 Å². The summed E-state index contributed by atoms with van der Waals surface area (Å²) in [6.45, 7) is 0. The van der Waals surface area contributed by atoms with Crippen molar-refractivity contribution in [2.24, 2.45) is 0 Å². The number of thiol groups is 2. The van der Waals surface area contributed by atoms with Crippen LogP contribution in [0.2, 0.25) is 0 Å². The Bertz CT molecular complexity index is 156. The van der Waals surface area contributed by atoms with Crippen molar-refractivity contribution in [1.29, 1.82) is 0 Å². The lowest BCUT2D eigenvalue weighted by Gasteiger charge is -2.17. The molecule has 0 heterocycles. The average molecular weight is 306 g/mol. The second-order valence-electron chi connectivity index (χ2n) is 3.20. The number of aliphatic hydroxyl groups is 4. The van der Waals surface area contributed by atoms with Crippen molar-refractivity contribution in [3.05, 3.63) is 0 Å². The predicted molar refractivity (Wildman–Crippen MR) is 76.6 cm³/mol. The first-order valence-corrected chi connectivity index (χ1v) is 8.46. The average Bonchev–Trinajstić information content (AvgIpc) is 2.31. The van der Waals surface area contributed by atoms with Gasteiger partial charge in [-0.25, -0.2) is 0 Å². The van der Waals surface area contributed by atoms with Crippen molar-refractivity contribution in [3.8, 4) is 0 Å². The Morgan fingerprint density at radius 2 is 1.00 bits per heavy atom. The van der Waals surface area contributed by atoms with Crippen molar-refractivity contribution in [2.45, 2.75) is 24.4 Å². The third-order valence-electron chi connectivity index (χ3n) is 1.82. The van der Waals surface area contributed by atoms with Crippen LogP contribution in [0.4, 0.5) is 0 Å².